The van der Waals surface area contributed by atoms with Gasteiger partial charge >= 0.3 is 5.97 Å². The van der Waals surface area contributed by atoms with Crippen molar-refractivity contribution < 1.29 is 14.3 Å². The Morgan fingerprint density at radius 2 is 1.96 bits per heavy atom. The number of esters is 1. The zero-order chi connectivity index (χ0) is 17.8. The SMILES string of the molecule is COc1ccc(Cl)cc1COC(=O)Cc1n[nH]c(=O)c2ccccc12. The average Bonchev–Trinajstić information content (AvgIpc) is 2.63. The number of ether oxygens (including phenoxy) is 2. The lowest BCUT2D eigenvalue weighted by Crippen LogP contribution is -2.15. The van der Waals surface area contributed by atoms with Crippen LogP contribution in [-0.4, -0.2) is 23.3 Å². The monoisotopic (exact) mass is 358 g/mol. The van der Waals surface area contributed by atoms with Crippen molar-refractivity contribution in [3.05, 3.63) is 69.1 Å². The number of H-pyrrole nitrogens is 1. The molecule has 3 rings (SSSR count). The first kappa shape index (κ1) is 17.0. The van der Waals surface area contributed by atoms with Gasteiger partial charge in [0.2, 0.25) is 0 Å². The number of carbonyl (C=O) groups is 1. The predicted molar refractivity (Wildman–Crippen MR) is 93.9 cm³/mol. The van der Waals surface area contributed by atoms with E-state index in [0.29, 0.717) is 32.8 Å². The van der Waals surface area contributed by atoms with Gasteiger partial charge in [0.1, 0.15) is 12.4 Å². The van der Waals surface area contributed by atoms with Gasteiger partial charge in [0.05, 0.1) is 24.6 Å². The van der Waals surface area contributed by atoms with Crippen molar-refractivity contribution in [2.75, 3.05) is 7.11 Å². The third-order valence-corrected chi connectivity index (χ3v) is 3.95. The second-order valence-corrected chi connectivity index (χ2v) is 5.78. The van der Waals surface area contributed by atoms with E-state index in [1.807, 2.05) is 0 Å². The summed E-state index contributed by atoms with van der Waals surface area (Å²) in [7, 11) is 1.53. The summed E-state index contributed by atoms with van der Waals surface area (Å²) in [6.07, 6.45) is -0.0554. The molecule has 0 amide bonds. The third-order valence-electron chi connectivity index (χ3n) is 3.72. The summed E-state index contributed by atoms with van der Waals surface area (Å²) in [5, 5.41) is 8.00. The molecule has 0 radical (unpaired) electrons. The van der Waals surface area contributed by atoms with Gasteiger partial charge in [-0.1, -0.05) is 29.8 Å². The summed E-state index contributed by atoms with van der Waals surface area (Å²) in [5.41, 5.74) is 0.831. The van der Waals surface area contributed by atoms with Crippen LogP contribution in [0.1, 0.15) is 11.3 Å². The number of hydrogen-bond acceptors (Lipinski definition) is 5. The Morgan fingerprint density at radius 1 is 1.20 bits per heavy atom. The molecule has 0 atom stereocenters. The fourth-order valence-electron chi connectivity index (χ4n) is 2.51. The zero-order valence-corrected chi connectivity index (χ0v) is 14.2. The average molecular weight is 359 g/mol. The first-order chi connectivity index (χ1) is 12.1. The Labute approximate surface area is 148 Å². The highest BCUT2D eigenvalue weighted by atomic mass is 35.5. The summed E-state index contributed by atoms with van der Waals surface area (Å²) in [6, 6.07) is 12.1. The van der Waals surface area contributed by atoms with Crippen LogP contribution in [0.2, 0.25) is 5.02 Å². The largest absolute Gasteiger partial charge is 0.496 e. The van der Waals surface area contributed by atoms with Crippen LogP contribution in [0.15, 0.2) is 47.3 Å². The molecular formula is C18H15ClN2O4. The molecule has 0 bridgehead atoms. The summed E-state index contributed by atoms with van der Waals surface area (Å²) < 4.78 is 10.5. The molecular weight excluding hydrogens is 344 g/mol. The number of fused-ring (bicyclic) bond motifs is 1. The van der Waals surface area contributed by atoms with E-state index in [1.165, 1.54) is 7.11 Å². The molecule has 1 N–H and O–H groups in total. The van der Waals surface area contributed by atoms with Gasteiger partial charge in [0.15, 0.2) is 0 Å². The quantitative estimate of drug-likeness (QED) is 0.709. The van der Waals surface area contributed by atoms with E-state index >= 15 is 0 Å². The molecule has 6 nitrogen and oxygen atoms in total. The number of aromatic nitrogens is 2. The van der Waals surface area contributed by atoms with Crippen molar-refractivity contribution in [3.63, 3.8) is 0 Å². The maximum atomic E-state index is 12.2. The molecule has 0 aliphatic carbocycles. The molecule has 3 aromatic rings. The minimum Gasteiger partial charge on any atom is -0.496 e. The summed E-state index contributed by atoms with van der Waals surface area (Å²) in [5.74, 6) is 0.122. The predicted octanol–water partition coefficient (Wildman–Crippen LogP) is 2.87. The zero-order valence-electron chi connectivity index (χ0n) is 13.4. The Kier molecular flexibility index (Phi) is 5.00. The third kappa shape index (κ3) is 3.80. The molecule has 0 saturated heterocycles. The smallest absolute Gasteiger partial charge is 0.312 e. The molecule has 0 unspecified atom stereocenters. The molecule has 0 fully saturated rings. The van der Waals surface area contributed by atoms with Gasteiger partial charge in [-0.3, -0.25) is 9.59 Å². The number of rotatable bonds is 5. The number of benzene rings is 2. The highest BCUT2D eigenvalue weighted by Crippen LogP contribution is 2.23. The summed E-state index contributed by atoms with van der Waals surface area (Å²) >= 11 is 5.96. The van der Waals surface area contributed by atoms with E-state index in [2.05, 4.69) is 10.2 Å². The molecule has 2 aromatic carbocycles. The van der Waals surface area contributed by atoms with E-state index in [1.54, 1.807) is 42.5 Å². The number of halogens is 1. The van der Waals surface area contributed by atoms with Crippen LogP contribution < -0.4 is 10.3 Å². The standard InChI is InChI=1S/C18H15ClN2O4/c1-24-16-7-6-12(19)8-11(16)10-25-17(22)9-15-13-4-2-3-5-14(13)18(23)21-20-15/h2-8H,9-10H2,1H3,(H,21,23). The highest BCUT2D eigenvalue weighted by Gasteiger charge is 2.13. The molecule has 1 heterocycles. The fourth-order valence-corrected chi connectivity index (χ4v) is 2.71. The van der Waals surface area contributed by atoms with E-state index in [4.69, 9.17) is 21.1 Å². The minimum atomic E-state index is -0.466. The van der Waals surface area contributed by atoms with Crippen molar-refractivity contribution >= 4 is 28.3 Å². The van der Waals surface area contributed by atoms with Gasteiger partial charge in [-0.05, 0) is 24.3 Å². The number of carbonyl (C=O) groups excluding carboxylic acids is 1. The van der Waals surface area contributed by atoms with Crippen LogP contribution in [-0.2, 0) is 22.6 Å². The van der Waals surface area contributed by atoms with Crippen LogP contribution in [0, 0.1) is 0 Å². The first-order valence-electron chi connectivity index (χ1n) is 7.53. The van der Waals surface area contributed by atoms with Gasteiger partial charge in [0.25, 0.3) is 5.56 Å². The van der Waals surface area contributed by atoms with Gasteiger partial charge in [-0.2, -0.15) is 5.10 Å². The van der Waals surface area contributed by atoms with Crippen LogP contribution in [0.25, 0.3) is 10.8 Å². The maximum Gasteiger partial charge on any atom is 0.312 e. The molecule has 0 aliphatic heterocycles. The number of nitrogens with one attached hydrogen (secondary N) is 1. The minimum absolute atomic E-state index is 0.0316. The fraction of sp³-hybridized carbons (Fsp3) is 0.167. The Balaban J connectivity index is 1.75. The molecule has 7 heteroatoms. The highest BCUT2D eigenvalue weighted by molar-refractivity contribution is 6.30. The van der Waals surface area contributed by atoms with Crippen molar-refractivity contribution in [2.45, 2.75) is 13.0 Å². The van der Waals surface area contributed by atoms with E-state index in [-0.39, 0.29) is 18.6 Å². The number of hydrogen-bond donors (Lipinski definition) is 1. The molecule has 0 saturated carbocycles. The van der Waals surface area contributed by atoms with Crippen molar-refractivity contribution in [2.24, 2.45) is 0 Å². The lowest BCUT2D eigenvalue weighted by Gasteiger charge is -2.10. The summed E-state index contributed by atoms with van der Waals surface area (Å²) in [6.45, 7) is 0.0316. The lowest BCUT2D eigenvalue weighted by atomic mass is 10.1. The number of methoxy groups -OCH3 is 1. The van der Waals surface area contributed by atoms with Gasteiger partial charge in [-0.15, -0.1) is 0 Å². The van der Waals surface area contributed by atoms with Crippen LogP contribution in [0.3, 0.4) is 0 Å². The Morgan fingerprint density at radius 3 is 2.72 bits per heavy atom. The second kappa shape index (κ2) is 7.36. The lowest BCUT2D eigenvalue weighted by molar-refractivity contribution is -0.144. The number of aromatic amines is 1. The van der Waals surface area contributed by atoms with E-state index in [0.717, 1.165) is 0 Å². The number of nitrogens with zero attached hydrogens (tertiary/aromatic N) is 1. The van der Waals surface area contributed by atoms with Crippen molar-refractivity contribution in [1.29, 1.82) is 0 Å². The van der Waals surface area contributed by atoms with Crippen LogP contribution >= 0.6 is 11.6 Å². The van der Waals surface area contributed by atoms with E-state index in [9.17, 15) is 9.59 Å². The first-order valence-corrected chi connectivity index (χ1v) is 7.90. The Bertz CT molecular complexity index is 984. The molecule has 0 aliphatic rings. The van der Waals surface area contributed by atoms with Crippen molar-refractivity contribution in [1.82, 2.24) is 10.2 Å². The Hall–Kier alpha value is -2.86. The second-order valence-electron chi connectivity index (χ2n) is 5.34. The topological polar surface area (TPSA) is 81.3 Å². The summed E-state index contributed by atoms with van der Waals surface area (Å²) in [4.78, 5) is 23.9. The van der Waals surface area contributed by atoms with Gasteiger partial charge in [-0.25, -0.2) is 5.10 Å². The van der Waals surface area contributed by atoms with Gasteiger partial charge < -0.3 is 9.47 Å². The molecule has 0 spiro atoms. The van der Waals surface area contributed by atoms with Crippen LogP contribution in [0.4, 0.5) is 0 Å². The van der Waals surface area contributed by atoms with Crippen molar-refractivity contribution in [3.8, 4) is 5.75 Å². The molecule has 25 heavy (non-hydrogen) atoms. The normalized spacial score (nSPS) is 10.6. The maximum absolute atomic E-state index is 12.2. The van der Waals surface area contributed by atoms with E-state index < -0.39 is 5.97 Å². The van der Waals surface area contributed by atoms with Gasteiger partial charge in [0, 0.05) is 16.0 Å². The molecule has 1 aromatic heterocycles. The van der Waals surface area contributed by atoms with Crippen LogP contribution in [0.5, 0.6) is 5.75 Å². The molecule has 128 valence electrons.